The summed E-state index contributed by atoms with van der Waals surface area (Å²) in [6.45, 7) is 0.573. The van der Waals surface area contributed by atoms with E-state index in [2.05, 4.69) is 0 Å². The molecule has 0 bridgehead atoms. The Morgan fingerprint density at radius 3 is 2.62 bits per heavy atom. The van der Waals surface area contributed by atoms with E-state index < -0.39 is 0 Å². The van der Waals surface area contributed by atoms with Crippen LogP contribution in [0.5, 0.6) is 0 Å². The average molecular weight is 307 g/mol. The van der Waals surface area contributed by atoms with Gasteiger partial charge in [-0.3, -0.25) is 24.1 Å². The smallest absolute Gasteiger partial charge is 0.289 e. The van der Waals surface area contributed by atoms with Crippen molar-refractivity contribution in [3.63, 3.8) is 0 Å². The predicted molar refractivity (Wildman–Crippen MR) is 76.1 cm³/mol. The van der Waals surface area contributed by atoms with E-state index in [1.165, 1.54) is 20.4 Å². The van der Waals surface area contributed by atoms with E-state index in [0.717, 1.165) is 11.8 Å². The Bertz CT molecular complexity index is 677. The van der Waals surface area contributed by atoms with Crippen LogP contribution in [-0.2, 0) is 11.8 Å². The predicted octanol–water partition coefficient (Wildman–Crippen LogP) is -0.0949. The largest absolute Gasteiger partial charge is 0.334 e. The average Bonchev–Trinajstić information content (AvgIpc) is 2.72. The number of hydrogen-bond donors (Lipinski definition) is 0. The van der Waals surface area contributed by atoms with Gasteiger partial charge in [0.25, 0.3) is 16.7 Å². The summed E-state index contributed by atoms with van der Waals surface area (Å²) in [5, 5.41) is -0.257. The molecule has 1 aromatic heterocycles. The zero-order valence-electron chi connectivity index (χ0n) is 11.3. The number of carbonyl (C=O) groups excluding carboxylic acids is 3. The fourth-order valence-corrected chi connectivity index (χ4v) is 3.21. The molecule has 0 N–H and O–H groups in total. The van der Waals surface area contributed by atoms with Crippen molar-refractivity contribution in [2.75, 3.05) is 18.8 Å². The second-order valence-electron chi connectivity index (χ2n) is 5.02. The van der Waals surface area contributed by atoms with Crippen molar-refractivity contribution in [2.24, 2.45) is 7.05 Å². The van der Waals surface area contributed by atoms with Crippen LogP contribution in [0.15, 0.2) is 23.1 Å². The van der Waals surface area contributed by atoms with Gasteiger partial charge in [0.1, 0.15) is 5.56 Å². The second-order valence-corrected chi connectivity index (χ2v) is 5.95. The first-order valence-electron chi connectivity index (χ1n) is 6.43. The summed E-state index contributed by atoms with van der Waals surface area (Å²) < 4.78 is 1.34. The molecule has 3 amide bonds. The van der Waals surface area contributed by atoms with Crippen molar-refractivity contribution >= 4 is 28.8 Å². The monoisotopic (exact) mass is 307 g/mol. The van der Waals surface area contributed by atoms with Gasteiger partial charge in [-0.25, -0.2) is 0 Å². The molecule has 2 fully saturated rings. The Morgan fingerprint density at radius 2 is 2.00 bits per heavy atom. The molecule has 2 aliphatic rings. The van der Waals surface area contributed by atoms with Gasteiger partial charge < -0.3 is 9.47 Å². The van der Waals surface area contributed by atoms with Crippen molar-refractivity contribution in [2.45, 2.75) is 6.04 Å². The number of amides is 3. The van der Waals surface area contributed by atoms with Crippen molar-refractivity contribution in [1.82, 2.24) is 14.4 Å². The summed E-state index contributed by atoms with van der Waals surface area (Å²) in [5.74, 6) is -0.403. The van der Waals surface area contributed by atoms with E-state index in [9.17, 15) is 19.2 Å². The normalized spacial score (nSPS) is 19.1. The molecule has 0 atom stereocenters. The van der Waals surface area contributed by atoms with E-state index in [0.29, 0.717) is 0 Å². The van der Waals surface area contributed by atoms with Crippen LogP contribution in [-0.4, -0.2) is 56.3 Å². The van der Waals surface area contributed by atoms with Crippen molar-refractivity contribution < 1.29 is 14.4 Å². The van der Waals surface area contributed by atoms with Crippen molar-refractivity contribution in [3.05, 3.63) is 34.2 Å². The number of thioether (sulfide) groups is 1. The lowest BCUT2D eigenvalue weighted by atomic mass is 10.1. The van der Waals surface area contributed by atoms with Gasteiger partial charge in [0.2, 0.25) is 5.91 Å². The first kappa shape index (κ1) is 13.9. The topological polar surface area (TPSA) is 79.7 Å². The van der Waals surface area contributed by atoms with Gasteiger partial charge in [-0.2, -0.15) is 0 Å². The maximum Gasteiger partial charge on any atom is 0.289 e. The van der Waals surface area contributed by atoms with Gasteiger partial charge in [0.05, 0.1) is 11.8 Å². The van der Waals surface area contributed by atoms with E-state index in [1.807, 2.05) is 0 Å². The zero-order valence-corrected chi connectivity index (χ0v) is 12.1. The molecule has 21 heavy (non-hydrogen) atoms. The number of hydrogen-bond acceptors (Lipinski definition) is 5. The van der Waals surface area contributed by atoms with Crippen molar-refractivity contribution in [3.8, 4) is 0 Å². The molecule has 110 valence electrons. The van der Waals surface area contributed by atoms with Gasteiger partial charge in [0, 0.05) is 26.3 Å². The molecular weight excluding hydrogens is 294 g/mol. The third-order valence-corrected chi connectivity index (χ3v) is 4.49. The summed E-state index contributed by atoms with van der Waals surface area (Å²) >= 11 is 0.982. The van der Waals surface area contributed by atoms with Crippen LogP contribution in [0.2, 0.25) is 0 Å². The molecule has 1 aromatic rings. The van der Waals surface area contributed by atoms with Crippen molar-refractivity contribution in [1.29, 1.82) is 0 Å². The molecule has 0 aromatic carbocycles. The standard InChI is InChI=1S/C13H13N3O4S/c1-14-4-2-3-9(11(14)18)12(19)15-5-8(6-15)16-10(17)7-21-13(16)20/h2-4,8H,5-7H2,1H3. The molecule has 0 radical (unpaired) electrons. The third-order valence-electron chi connectivity index (χ3n) is 3.65. The molecule has 8 heteroatoms. The van der Waals surface area contributed by atoms with Crippen LogP contribution in [0.3, 0.4) is 0 Å². The van der Waals surface area contributed by atoms with Gasteiger partial charge in [-0.1, -0.05) is 11.8 Å². The molecule has 0 unspecified atom stereocenters. The van der Waals surface area contributed by atoms with E-state index >= 15 is 0 Å². The lowest BCUT2D eigenvalue weighted by Gasteiger charge is -2.42. The molecular formula is C13H13N3O4S. The summed E-state index contributed by atoms with van der Waals surface area (Å²) in [6.07, 6.45) is 1.58. The number of nitrogens with zero attached hydrogens (tertiary/aromatic N) is 3. The van der Waals surface area contributed by atoms with Gasteiger partial charge >= 0.3 is 0 Å². The van der Waals surface area contributed by atoms with Crippen LogP contribution >= 0.6 is 11.8 Å². The minimum Gasteiger partial charge on any atom is -0.334 e. The second kappa shape index (κ2) is 5.03. The Labute approximate surface area is 124 Å². The maximum atomic E-state index is 12.2. The van der Waals surface area contributed by atoms with Crippen LogP contribution in [0.1, 0.15) is 10.4 Å². The fraction of sp³-hybridized carbons (Fsp3) is 0.385. The lowest BCUT2D eigenvalue weighted by Crippen LogP contribution is -2.62. The Kier molecular flexibility index (Phi) is 3.32. The third kappa shape index (κ3) is 2.25. The molecule has 0 aliphatic carbocycles. The Hall–Kier alpha value is -2.09. The summed E-state index contributed by atoms with van der Waals surface area (Å²) in [4.78, 5) is 50.0. The zero-order chi connectivity index (χ0) is 15.1. The highest BCUT2D eigenvalue weighted by atomic mass is 32.2. The Balaban J connectivity index is 1.70. The fourth-order valence-electron chi connectivity index (χ4n) is 2.43. The highest BCUT2D eigenvalue weighted by Gasteiger charge is 2.43. The van der Waals surface area contributed by atoms with Gasteiger partial charge in [-0.05, 0) is 12.1 Å². The number of aromatic nitrogens is 1. The molecule has 7 nitrogen and oxygen atoms in total. The maximum absolute atomic E-state index is 12.2. The van der Waals surface area contributed by atoms with Crippen LogP contribution in [0, 0.1) is 0 Å². The van der Waals surface area contributed by atoms with Gasteiger partial charge in [-0.15, -0.1) is 0 Å². The number of pyridine rings is 1. The number of aryl methyl sites for hydroxylation is 1. The quantitative estimate of drug-likeness (QED) is 0.762. The summed E-state index contributed by atoms with van der Waals surface area (Å²) in [5.41, 5.74) is -0.248. The number of carbonyl (C=O) groups is 3. The first-order chi connectivity index (χ1) is 9.99. The number of imide groups is 1. The number of likely N-dealkylation sites (tertiary alicyclic amines) is 1. The first-order valence-corrected chi connectivity index (χ1v) is 7.41. The molecule has 2 aliphatic heterocycles. The number of rotatable bonds is 2. The Morgan fingerprint density at radius 1 is 1.29 bits per heavy atom. The van der Waals surface area contributed by atoms with Crippen LogP contribution < -0.4 is 5.56 Å². The molecule has 3 rings (SSSR count). The van der Waals surface area contributed by atoms with Crippen LogP contribution in [0.25, 0.3) is 0 Å². The lowest BCUT2D eigenvalue weighted by molar-refractivity contribution is -0.128. The summed E-state index contributed by atoms with van der Waals surface area (Å²) in [7, 11) is 1.58. The summed E-state index contributed by atoms with van der Waals surface area (Å²) in [6, 6.07) is 2.85. The molecule has 0 spiro atoms. The van der Waals surface area contributed by atoms with Gasteiger partial charge in [0.15, 0.2) is 0 Å². The van der Waals surface area contributed by atoms with Crippen LogP contribution in [0.4, 0.5) is 4.79 Å². The highest BCUT2D eigenvalue weighted by molar-refractivity contribution is 8.14. The van der Waals surface area contributed by atoms with E-state index in [-0.39, 0.29) is 53.1 Å². The highest BCUT2D eigenvalue weighted by Crippen LogP contribution is 2.26. The minimum atomic E-state index is -0.362. The van der Waals surface area contributed by atoms with E-state index in [1.54, 1.807) is 19.3 Å². The molecule has 3 heterocycles. The minimum absolute atomic E-state index is 0.104. The van der Waals surface area contributed by atoms with E-state index in [4.69, 9.17) is 0 Å². The SMILES string of the molecule is Cn1cccc(C(=O)N2CC(N3C(=O)CSC3=O)C2)c1=O. The molecule has 0 saturated carbocycles. The molecule has 2 saturated heterocycles.